The molecule has 0 aliphatic rings. The topological polar surface area (TPSA) is 38.7 Å². The zero-order chi connectivity index (χ0) is 27.6. The normalized spacial score (nSPS) is 11.0. The summed E-state index contributed by atoms with van der Waals surface area (Å²) in [6.45, 7) is 0. The first kappa shape index (κ1) is 24.9. The number of nitrogens with zero attached hydrogens (tertiary/aromatic N) is 3. The van der Waals surface area contributed by atoms with Crippen molar-refractivity contribution >= 4 is 22.4 Å². The Balaban J connectivity index is 1.47. The summed E-state index contributed by atoms with van der Waals surface area (Å²) in [5.41, 5.74) is 7.07. The van der Waals surface area contributed by atoms with E-state index < -0.39 is 0 Å². The van der Waals surface area contributed by atoms with E-state index in [4.69, 9.17) is 26.6 Å². The van der Waals surface area contributed by atoms with E-state index >= 15 is 0 Å². The molecule has 194 valence electrons. The summed E-state index contributed by atoms with van der Waals surface area (Å²) >= 11 is 6.61. The molecule has 0 aliphatic heterocycles. The standard InChI is InChI=1S/C37H24ClN3/c38-28-22-23-32(34(24-28)30-21-11-17-25-12-7-8-18-29(25)30)31-19-9-10-20-33(31)37-40-35(26-13-3-1-4-14-26)39-36(41-37)27-15-5-2-6-16-27/h1-24H. The Bertz CT molecular complexity index is 1940. The summed E-state index contributed by atoms with van der Waals surface area (Å²) in [5, 5.41) is 3.04. The minimum absolute atomic E-state index is 0.618. The van der Waals surface area contributed by atoms with E-state index in [9.17, 15) is 0 Å². The molecule has 41 heavy (non-hydrogen) atoms. The second-order valence-corrected chi connectivity index (χ2v) is 10.2. The molecule has 1 heterocycles. The molecule has 4 heteroatoms. The third-order valence-corrected chi connectivity index (χ3v) is 7.45. The SMILES string of the molecule is Clc1ccc(-c2ccccc2-c2nc(-c3ccccc3)nc(-c3ccccc3)n2)c(-c2cccc3ccccc23)c1. The van der Waals surface area contributed by atoms with Gasteiger partial charge in [0.1, 0.15) is 0 Å². The van der Waals surface area contributed by atoms with Gasteiger partial charge in [-0.2, -0.15) is 0 Å². The monoisotopic (exact) mass is 545 g/mol. The molecule has 0 unspecified atom stereocenters. The van der Waals surface area contributed by atoms with Gasteiger partial charge in [-0.05, 0) is 45.2 Å². The Morgan fingerprint density at radius 3 is 1.59 bits per heavy atom. The Labute approximate surface area is 243 Å². The van der Waals surface area contributed by atoms with E-state index in [0.29, 0.717) is 22.5 Å². The van der Waals surface area contributed by atoms with Crippen molar-refractivity contribution in [3.05, 3.63) is 151 Å². The zero-order valence-corrected chi connectivity index (χ0v) is 22.8. The van der Waals surface area contributed by atoms with Gasteiger partial charge in [0.15, 0.2) is 17.5 Å². The highest BCUT2D eigenvalue weighted by atomic mass is 35.5. The molecular formula is C37H24ClN3. The van der Waals surface area contributed by atoms with Gasteiger partial charge in [0.2, 0.25) is 0 Å². The number of halogens is 1. The molecule has 0 atom stereocenters. The second-order valence-electron chi connectivity index (χ2n) is 9.80. The van der Waals surface area contributed by atoms with Crippen LogP contribution in [0, 0.1) is 0 Å². The molecule has 0 amide bonds. The van der Waals surface area contributed by atoms with E-state index in [1.54, 1.807) is 0 Å². The van der Waals surface area contributed by atoms with Crippen LogP contribution in [0.5, 0.6) is 0 Å². The lowest BCUT2D eigenvalue weighted by Gasteiger charge is -2.16. The van der Waals surface area contributed by atoms with Crippen molar-refractivity contribution in [2.24, 2.45) is 0 Å². The van der Waals surface area contributed by atoms with Gasteiger partial charge in [0.25, 0.3) is 0 Å². The third kappa shape index (κ3) is 4.88. The number of rotatable bonds is 5. The Hall–Kier alpha value is -5.12. The van der Waals surface area contributed by atoms with E-state index in [1.807, 2.05) is 78.9 Å². The molecule has 0 N–H and O–H groups in total. The summed E-state index contributed by atoms with van der Waals surface area (Å²) < 4.78 is 0. The van der Waals surface area contributed by atoms with Crippen molar-refractivity contribution in [1.82, 2.24) is 15.0 Å². The number of aromatic nitrogens is 3. The van der Waals surface area contributed by atoms with Crippen molar-refractivity contribution in [3.8, 4) is 56.4 Å². The largest absolute Gasteiger partial charge is 0.208 e. The van der Waals surface area contributed by atoms with Crippen molar-refractivity contribution in [2.45, 2.75) is 0 Å². The van der Waals surface area contributed by atoms with Crippen molar-refractivity contribution in [3.63, 3.8) is 0 Å². The molecule has 0 saturated carbocycles. The van der Waals surface area contributed by atoms with Crippen molar-refractivity contribution in [1.29, 1.82) is 0 Å². The maximum atomic E-state index is 6.61. The van der Waals surface area contributed by atoms with E-state index in [-0.39, 0.29) is 0 Å². The molecule has 0 radical (unpaired) electrons. The van der Waals surface area contributed by atoms with E-state index in [0.717, 1.165) is 38.9 Å². The molecule has 1 aromatic heterocycles. The van der Waals surface area contributed by atoms with Gasteiger partial charge in [-0.15, -0.1) is 0 Å². The summed E-state index contributed by atoms with van der Waals surface area (Å²) in [7, 11) is 0. The highest BCUT2D eigenvalue weighted by Gasteiger charge is 2.18. The fraction of sp³-hybridized carbons (Fsp3) is 0. The Morgan fingerprint density at radius 2 is 0.878 bits per heavy atom. The molecule has 7 aromatic rings. The summed E-state index contributed by atoms with van der Waals surface area (Å²) in [5.74, 6) is 1.89. The predicted molar refractivity (Wildman–Crippen MR) is 170 cm³/mol. The smallest absolute Gasteiger partial charge is 0.164 e. The van der Waals surface area contributed by atoms with Crippen molar-refractivity contribution in [2.75, 3.05) is 0 Å². The molecule has 0 spiro atoms. The number of hydrogen-bond acceptors (Lipinski definition) is 3. The second kappa shape index (κ2) is 10.8. The van der Waals surface area contributed by atoms with Gasteiger partial charge in [-0.1, -0.05) is 145 Å². The molecular weight excluding hydrogens is 522 g/mol. The fourth-order valence-corrected chi connectivity index (χ4v) is 5.45. The van der Waals surface area contributed by atoms with Crippen LogP contribution in [0.2, 0.25) is 5.02 Å². The van der Waals surface area contributed by atoms with Crippen LogP contribution in [-0.2, 0) is 0 Å². The van der Waals surface area contributed by atoms with Crippen molar-refractivity contribution < 1.29 is 0 Å². The maximum Gasteiger partial charge on any atom is 0.164 e. The minimum Gasteiger partial charge on any atom is -0.208 e. The maximum absolute atomic E-state index is 6.61. The first-order chi connectivity index (χ1) is 20.2. The van der Waals surface area contributed by atoms with Gasteiger partial charge in [-0.25, -0.2) is 15.0 Å². The summed E-state index contributed by atoms with van der Waals surface area (Å²) in [6.07, 6.45) is 0. The lowest BCUT2D eigenvalue weighted by molar-refractivity contribution is 1.07. The van der Waals surface area contributed by atoms with Gasteiger partial charge in [-0.3, -0.25) is 0 Å². The van der Waals surface area contributed by atoms with Crippen LogP contribution in [0.15, 0.2) is 146 Å². The summed E-state index contributed by atoms with van der Waals surface area (Å²) in [4.78, 5) is 14.9. The molecule has 6 aromatic carbocycles. The van der Waals surface area contributed by atoms with Gasteiger partial charge >= 0.3 is 0 Å². The molecule has 0 aliphatic carbocycles. The third-order valence-electron chi connectivity index (χ3n) is 7.22. The average molecular weight is 546 g/mol. The number of benzene rings is 6. The van der Waals surface area contributed by atoms with E-state index in [1.165, 1.54) is 10.8 Å². The first-order valence-corrected chi connectivity index (χ1v) is 13.9. The van der Waals surface area contributed by atoms with Crippen LogP contribution in [0.25, 0.3) is 67.2 Å². The van der Waals surface area contributed by atoms with Crippen LogP contribution in [-0.4, -0.2) is 15.0 Å². The Morgan fingerprint density at radius 1 is 0.366 bits per heavy atom. The fourth-order valence-electron chi connectivity index (χ4n) is 5.28. The van der Waals surface area contributed by atoms with Gasteiger partial charge < -0.3 is 0 Å². The highest BCUT2D eigenvalue weighted by molar-refractivity contribution is 6.31. The predicted octanol–water partition coefficient (Wildman–Crippen LogP) is 10.0. The van der Waals surface area contributed by atoms with Crippen LogP contribution in [0.3, 0.4) is 0 Å². The lowest BCUT2D eigenvalue weighted by Crippen LogP contribution is -2.01. The zero-order valence-electron chi connectivity index (χ0n) is 22.1. The molecule has 0 saturated heterocycles. The van der Waals surface area contributed by atoms with E-state index in [2.05, 4.69) is 66.7 Å². The Kier molecular flexibility index (Phi) is 6.56. The van der Waals surface area contributed by atoms with Crippen LogP contribution in [0.1, 0.15) is 0 Å². The molecule has 7 rings (SSSR count). The molecule has 0 fully saturated rings. The molecule has 3 nitrogen and oxygen atoms in total. The quantitative estimate of drug-likeness (QED) is 0.216. The average Bonchev–Trinajstić information content (AvgIpc) is 3.05. The van der Waals surface area contributed by atoms with Crippen LogP contribution in [0.4, 0.5) is 0 Å². The van der Waals surface area contributed by atoms with Gasteiger partial charge in [0.05, 0.1) is 0 Å². The van der Waals surface area contributed by atoms with Gasteiger partial charge in [0, 0.05) is 21.7 Å². The van der Waals surface area contributed by atoms with Crippen LogP contribution >= 0.6 is 11.6 Å². The lowest BCUT2D eigenvalue weighted by atomic mass is 9.89. The number of fused-ring (bicyclic) bond motifs is 1. The number of hydrogen-bond donors (Lipinski definition) is 0. The first-order valence-electron chi connectivity index (χ1n) is 13.5. The highest BCUT2D eigenvalue weighted by Crippen LogP contribution is 2.41. The molecule has 0 bridgehead atoms. The van der Waals surface area contributed by atoms with Crippen LogP contribution < -0.4 is 0 Å². The minimum atomic E-state index is 0.618. The summed E-state index contributed by atoms with van der Waals surface area (Å²) in [6, 6.07) is 49.3.